The smallest absolute Gasteiger partial charge is 0.207 e. The molecular formula is C9H17N3OS2. The summed E-state index contributed by atoms with van der Waals surface area (Å²) in [5.74, 6) is 0. The van der Waals surface area contributed by atoms with Gasteiger partial charge in [-0.3, -0.25) is 5.10 Å². The van der Waals surface area contributed by atoms with E-state index in [-0.39, 0.29) is 0 Å². The van der Waals surface area contributed by atoms with Crippen molar-refractivity contribution < 1.29 is 4.74 Å². The van der Waals surface area contributed by atoms with Crippen molar-refractivity contribution >= 4 is 28.7 Å². The highest BCUT2D eigenvalue weighted by molar-refractivity contribution is 7.73. The third kappa shape index (κ3) is 3.55. The summed E-state index contributed by atoms with van der Waals surface area (Å²) in [6.45, 7) is 5.90. The second-order valence-electron chi connectivity index (χ2n) is 3.34. The summed E-state index contributed by atoms with van der Waals surface area (Å²) in [4.78, 5) is 2.22. The molecule has 0 fully saturated rings. The van der Waals surface area contributed by atoms with Gasteiger partial charge in [-0.2, -0.15) is 0 Å². The van der Waals surface area contributed by atoms with E-state index in [0.717, 1.165) is 22.1 Å². The van der Waals surface area contributed by atoms with Gasteiger partial charge in [0.05, 0.1) is 6.61 Å². The molecule has 0 aromatic carbocycles. The molecule has 0 aliphatic carbocycles. The summed E-state index contributed by atoms with van der Waals surface area (Å²) in [5.41, 5.74) is 0. The molecule has 1 unspecified atom stereocenters. The maximum absolute atomic E-state index is 5.09. The largest absolute Gasteiger partial charge is 0.383 e. The quantitative estimate of drug-likeness (QED) is 0.784. The molecule has 1 heterocycles. The van der Waals surface area contributed by atoms with Gasteiger partial charge in [0.2, 0.25) is 5.13 Å². The van der Waals surface area contributed by atoms with Gasteiger partial charge in [-0.15, -0.1) is 5.10 Å². The van der Waals surface area contributed by atoms with Crippen molar-refractivity contribution in [2.24, 2.45) is 0 Å². The minimum absolute atomic E-state index is 0.453. The predicted octanol–water partition coefficient (Wildman–Crippen LogP) is 2.45. The van der Waals surface area contributed by atoms with E-state index in [4.69, 9.17) is 17.0 Å². The van der Waals surface area contributed by atoms with E-state index in [2.05, 4.69) is 28.9 Å². The van der Waals surface area contributed by atoms with Crippen molar-refractivity contribution in [1.29, 1.82) is 0 Å². The maximum Gasteiger partial charge on any atom is 0.207 e. The van der Waals surface area contributed by atoms with Crippen LogP contribution in [0.3, 0.4) is 0 Å². The van der Waals surface area contributed by atoms with Crippen LogP contribution >= 0.6 is 23.6 Å². The number of nitrogens with one attached hydrogen (secondary N) is 1. The van der Waals surface area contributed by atoms with Crippen LogP contribution in [0.4, 0.5) is 5.13 Å². The Bertz CT molecular complexity index is 336. The maximum atomic E-state index is 5.09. The number of hydrogen-bond acceptors (Lipinski definition) is 5. The van der Waals surface area contributed by atoms with Crippen LogP contribution in [0.15, 0.2) is 0 Å². The number of nitrogens with zero attached hydrogens (tertiary/aromatic N) is 2. The van der Waals surface area contributed by atoms with Gasteiger partial charge in [0, 0.05) is 19.7 Å². The average Bonchev–Trinajstić information content (AvgIpc) is 2.65. The molecule has 0 bridgehead atoms. The molecule has 0 aliphatic rings. The number of aromatic amines is 1. The molecule has 0 saturated carbocycles. The van der Waals surface area contributed by atoms with E-state index in [1.807, 2.05) is 0 Å². The molecule has 86 valence electrons. The molecule has 1 rings (SSSR count). The van der Waals surface area contributed by atoms with E-state index in [1.165, 1.54) is 11.3 Å². The van der Waals surface area contributed by atoms with Crippen molar-refractivity contribution in [3.63, 3.8) is 0 Å². The number of ether oxygens (including phenoxy) is 1. The van der Waals surface area contributed by atoms with Crippen LogP contribution in [0.2, 0.25) is 0 Å². The van der Waals surface area contributed by atoms with Gasteiger partial charge in [0.1, 0.15) is 0 Å². The van der Waals surface area contributed by atoms with Gasteiger partial charge >= 0.3 is 0 Å². The van der Waals surface area contributed by atoms with Crippen molar-refractivity contribution in [3.8, 4) is 0 Å². The monoisotopic (exact) mass is 247 g/mol. The Kier molecular flexibility index (Phi) is 5.21. The standard InChI is InChI=1S/C9H17N3OS2/c1-4-7(2)12(5-6-13-3)8-10-11-9(14)15-8/h7H,4-6H2,1-3H3,(H,11,14). The minimum Gasteiger partial charge on any atom is -0.383 e. The number of H-pyrrole nitrogens is 1. The zero-order valence-corrected chi connectivity index (χ0v) is 11.0. The van der Waals surface area contributed by atoms with E-state index < -0.39 is 0 Å². The molecule has 1 N–H and O–H groups in total. The minimum atomic E-state index is 0.453. The van der Waals surface area contributed by atoms with Crippen LogP contribution in [0.5, 0.6) is 0 Å². The summed E-state index contributed by atoms with van der Waals surface area (Å²) >= 11 is 6.54. The van der Waals surface area contributed by atoms with Crippen molar-refractivity contribution in [2.75, 3.05) is 25.2 Å². The van der Waals surface area contributed by atoms with Gasteiger partial charge in [0.25, 0.3) is 0 Å². The molecule has 15 heavy (non-hydrogen) atoms. The average molecular weight is 247 g/mol. The lowest BCUT2D eigenvalue weighted by molar-refractivity contribution is 0.203. The van der Waals surface area contributed by atoms with Gasteiger partial charge in [-0.05, 0) is 25.6 Å². The molecule has 1 atom stereocenters. The van der Waals surface area contributed by atoms with E-state index in [1.54, 1.807) is 7.11 Å². The van der Waals surface area contributed by atoms with Crippen LogP contribution < -0.4 is 4.90 Å². The van der Waals surface area contributed by atoms with Crippen LogP contribution in [0.25, 0.3) is 0 Å². The molecule has 6 heteroatoms. The SMILES string of the molecule is CCC(C)N(CCOC)c1n[nH]c(=S)s1. The van der Waals surface area contributed by atoms with E-state index in [0.29, 0.717) is 12.6 Å². The van der Waals surface area contributed by atoms with E-state index in [9.17, 15) is 0 Å². The Morgan fingerprint density at radius 3 is 2.87 bits per heavy atom. The van der Waals surface area contributed by atoms with Gasteiger partial charge in [-0.25, -0.2) is 0 Å². The highest BCUT2D eigenvalue weighted by Gasteiger charge is 2.15. The fraction of sp³-hybridized carbons (Fsp3) is 0.778. The summed E-state index contributed by atoms with van der Waals surface area (Å²) < 4.78 is 5.81. The van der Waals surface area contributed by atoms with Crippen molar-refractivity contribution in [1.82, 2.24) is 10.2 Å². The summed E-state index contributed by atoms with van der Waals surface area (Å²) in [5, 5.41) is 7.95. The molecule has 4 nitrogen and oxygen atoms in total. The second kappa shape index (κ2) is 6.19. The molecule has 0 aliphatic heterocycles. The summed E-state index contributed by atoms with van der Waals surface area (Å²) in [6, 6.07) is 0.453. The third-order valence-corrected chi connectivity index (χ3v) is 3.46. The highest BCUT2D eigenvalue weighted by atomic mass is 32.1. The van der Waals surface area contributed by atoms with Gasteiger partial charge in [-0.1, -0.05) is 18.3 Å². The van der Waals surface area contributed by atoms with Gasteiger partial charge in [0.15, 0.2) is 3.95 Å². The first-order chi connectivity index (χ1) is 7.19. The molecule has 1 aromatic heterocycles. The van der Waals surface area contributed by atoms with Gasteiger partial charge < -0.3 is 9.64 Å². The van der Waals surface area contributed by atoms with Crippen LogP contribution in [-0.4, -0.2) is 36.5 Å². The number of hydrogen-bond donors (Lipinski definition) is 1. The third-order valence-electron chi connectivity index (χ3n) is 2.33. The lowest BCUT2D eigenvalue weighted by atomic mass is 10.2. The molecule has 0 saturated heterocycles. The Morgan fingerprint density at radius 1 is 1.67 bits per heavy atom. The fourth-order valence-electron chi connectivity index (χ4n) is 1.26. The van der Waals surface area contributed by atoms with Crippen LogP contribution in [0.1, 0.15) is 20.3 Å². The van der Waals surface area contributed by atoms with Crippen LogP contribution in [0, 0.1) is 3.95 Å². The van der Waals surface area contributed by atoms with E-state index >= 15 is 0 Å². The fourth-order valence-corrected chi connectivity index (χ4v) is 2.27. The molecular weight excluding hydrogens is 230 g/mol. The summed E-state index contributed by atoms with van der Waals surface area (Å²) in [7, 11) is 1.71. The number of methoxy groups -OCH3 is 1. The summed E-state index contributed by atoms with van der Waals surface area (Å²) in [6.07, 6.45) is 1.08. The Labute approximate surface area is 99.3 Å². The Balaban J connectivity index is 2.75. The van der Waals surface area contributed by atoms with Crippen molar-refractivity contribution in [2.45, 2.75) is 26.3 Å². The second-order valence-corrected chi connectivity index (χ2v) is 4.98. The number of aromatic nitrogens is 2. The highest BCUT2D eigenvalue weighted by Crippen LogP contribution is 2.20. The number of rotatable bonds is 6. The predicted molar refractivity (Wildman–Crippen MR) is 66.3 cm³/mol. The first-order valence-electron chi connectivity index (χ1n) is 5.00. The topological polar surface area (TPSA) is 41.1 Å². The zero-order chi connectivity index (χ0) is 11.3. The lowest BCUT2D eigenvalue weighted by Gasteiger charge is -2.27. The van der Waals surface area contributed by atoms with Crippen LogP contribution in [-0.2, 0) is 4.74 Å². The normalized spacial score (nSPS) is 12.7. The first-order valence-corrected chi connectivity index (χ1v) is 6.22. The molecule has 0 radical (unpaired) electrons. The Hall–Kier alpha value is -0.460. The molecule has 0 spiro atoms. The number of anilines is 1. The first kappa shape index (κ1) is 12.6. The Morgan fingerprint density at radius 2 is 2.40 bits per heavy atom. The zero-order valence-electron chi connectivity index (χ0n) is 9.32. The lowest BCUT2D eigenvalue weighted by Crippen LogP contribution is -2.35. The molecule has 0 amide bonds. The van der Waals surface area contributed by atoms with Crippen molar-refractivity contribution in [3.05, 3.63) is 3.95 Å². The molecule has 1 aromatic rings.